The standard InChI is InChI=1S/C13H16F3NO2/c1-19-12(18)10-4-2-9(3-5-10)11(8-17)6-7-13(14,15)16/h2-5,11H,6-8,17H2,1H3. The molecule has 106 valence electrons. The first-order chi connectivity index (χ1) is 8.87. The summed E-state index contributed by atoms with van der Waals surface area (Å²) >= 11 is 0. The summed E-state index contributed by atoms with van der Waals surface area (Å²) in [7, 11) is 1.27. The Labute approximate surface area is 109 Å². The highest BCUT2D eigenvalue weighted by atomic mass is 19.4. The van der Waals surface area contributed by atoms with E-state index in [9.17, 15) is 18.0 Å². The van der Waals surface area contributed by atoms with Gasteiger partial charge in [-0.3, -0.25) is 0 Å². The van der Waals surface area contributed by atoms with E-state index in [4.69, 9.17) is 5.73 Å². The maximum atomic E-state index is 12.2. The third-order valence-electron chi connectivity index (χ3n) is 2.86. The summed E-state index contributed by atoms with van der Waals surface area (Å²) in [4.78, 5) is 11.2. The molecule has 6 heteroatoms. The third kappa shape index (κ3) is 4.90. The molecular formula is C13H16F3NO2. The van der Waals surface area contributed by atoms with Gasteiger partial charge in [0, 0.05) is 6.42 Å². The molecule has 0 saturated carbocycles. The Morgan fingerprint density at radius 3 is 2.32 bits per heavy atom. The SMILES string of the molecule is COC(=O)c1ccc(C(CN)CCC(F)(F)F)cc1. The Bertz CT molecular complexity index is 415. The van der Waals surface area contributed by atoms with E-state index in [0.717, 1.165) is 0 Å². The van der Waals surface area contributed by atoms with Crippen molar-refractivity contribution >= 4 is 5.97 Å². The number of carbonyl (C=O) groups excluding carboxylic acids is 1. The highest BCUT2D eigenvalue weighted by Crippen LogP contribution is 2.28. The smallest absolute Gasteiger partial charge is 0.389 e. The van der Waals surface area contributed by atoms with Crippen LogP contribution >= 0.6 is 0 Å². The van der Waals surface area contributed by atoms with Crippen molar-refractivity contribution in [1.29, 1.82) is 0 Å². The molecule has 0 heterocycles. The molecular weight excluding hydrogens is 259 g/mol. The monoisotopic (exact) mass is 275 g/mol. The van der Waals surface area contributed by atoms with E-state index in [1.165, 1.54) is 19.2 Å². The molecule has 1 aromatic carbocycles. The number of halogens is 3. The van der Waals surface area contributed by atoms with E-state index in [2.05, 4.69) is 4.74 Å². The quantitative estimate of drug-likeness (QED) is 0.841. The number of methoxy groups -OCH3 is 1. The van der Waals surface area contributed by atoms with Gasteiger partial charge in [0.25, 0.3) is 0 Å². The molecule has 0 fully saturated rings. The first-order valence-electron chi connectivity index (χ1n) is 5.82. The van der Waals surface area contributed by atoms with Gasteiger partial charge in [0.2, 0.25) is 0 Å². The van der Waals surface area contributed by atoms with Crippen molar-refractivity contribution in [1.82, 2.24) is 0 Å². The molecule has 0 amide bonds. The molecule has 0 aliphatic rings. The first-order valence-corrected chi connectivity index (χ1v) is 5.82. The Kier molecular flexibility index (Phi) is 5.35. The van der Waals surface area contributed by atoms with Crippen molar-refractivity contribution in [2.24, 2.45) is 5.73 Å². The largest absolute Gasteiger partial charge is 0.465 e. The molecule has 0 radical (unpaired) electrons. The second kappa shape index (κ2) is 6.56. The maximum absolute atomic E-state index is 12.2. The number of esters is 1. The Balaban J connectivity index is 2.74. The van der Waals surface area contributed by atoms with Crippen LogP contribution in [0.1, 0.15) is 34.7 Å². The van der Waals surface area contributed by atoms with E-state index in [-0.39, 0.29) is 18.9 Å². The molecule has 1 unspecified atom stereocenters. The molecule has 0 spiro atoms. The third-order valence-corrected chi connectivity index (χ3v) is 2.86. The average Bonchev–Trinajstić information content (AvgIpc) is 2.38. The van der Waals surface area contributed by atoms with Crippen LogP contribution in [-0.2, 0) is 4.74 Å². The lowest BCUT2D eigenvalue weighted by Crippen LogP contribution is -2.16. The van der Waals surface area contributed by atoms with Gasteiger partial charge in [0.1, 0.15) is 0 Å². The van der Waals surface area contributed by atoms with Gasteiger partial charge in [-0.25, -0.2) is 4.79 Å². The second-order valence-electron chi connectivity index (χ2n) is 4.20. The molecule has 0 saturated heterocycles. The minimum Gasteiger partial charge on any atom is -0.465 e. The van der Waals surface area contributed by atoms with Crippen LogP contribution in [0, 0.1) is 0 Å². The van der Waals surface area contributed by atoms with Crippen LogP contribution in [0.15, 0.2) is 24.3 Å². The van der Waals surface area contributed by atoms with Gasteiger partial charge in [-0.1, -0.05) is 12.1 Å². The molecule has 0 aromatic heterocycles. The van der Waals surface area contributed by atoms with Crippen LogP contribution < -0.4 is 5.73 Å². The maximum Gasteiger partial charge on any atom is 0.389 e. The molecule has 2 N–H and O–H groups in total. The number of rotatable bonds is 5. The van der Waals surface area contributed by atoms with E-state index in [0.29, 0.717) is 11.1 Å². The van der Waals surface area contributed by atoms with Gasteiger partial charge < -0.3 is 10.5 Å². The highest BCUT2D eigenvalue weighted by molar-refractivity contribution is 5.89. The van der Waals surface area contributed by atoms with Gasteiger partial charge >= 0.3 is 12.1 Å². The van der Waals surface area contributed by atoms with Crippen LogP contribution in [0.5, 0.6) is 0 Å². The zero-order valence-electron chi connectivity index (χ0n) is 10.5. The summed E-state index contributed by atoms with van der Waals surface area (Å²) in [6.07, 6.45) is -5.11. The van der Waals surface area contributed by atoms with Gasteiger partial charge in [-0.15, -0.1) is 0 Å². The van der Waals surface area contributed by atoms with Gasteiger partial charge in [-0.2, -0.15) is 13.2 Å². The van der Waals surface area contributed by atoms with Gasteiger partial charge in [0.15, 0.2) is 0 Å². The Morgan fingerprint density at radius 2 is 1.89 bits per heavy atom. The molecule has 0 aliphatic carbocycles. The van der Waals surface area contributed by atoms with Crippen LogP contribution in [0.3, 0.4) is 0 Å². The minimum absolute atomic E-state index is 0.0580. The fraction of sp³-hybridized carbons (Fsp3) is 0.462. The fourth-order valence-corrected chi connectivity index (χ4v) is 1.77. The molecule has 3 nitrogen and oxygen atoms in total. The summed E-state index contributed by atoms with van der Waals surface area (Å²) in [5, 5.41) is 0. The Hall–Kier alpha value is -1.56. The second-order valence-corrected chi connectivity index (χ2v) is 4.20. The van der Waals surface area contributed by atoms with E-state index >= 15 is 0 Å². The molecule has 1 atom stereocenters. The zero-order chi connectivity index (χ0) is 14.5. The molecule has 0 aliphatic heterocycles. The average molecular weight is 275 g/mol. The summed E-state index contributed by atoms with van der Waals surface area (Å²) < 4.78 is 41.1. The van der Waals surface area contributed by atoms with Crippen molar-refractivity contribution in [3.63, 3.8) is 0 Å². The number of hydrogen-bond donors (Lipinski definition) is 1. The first kappa shape index (κ1) is 15.5. The van der Waals surface area contributed by atoms with Gasteiger partial charge in [-0.05, 0) is 36.6 Å². The number of carbonyl (C=O) groups is 1. The lowest BCUT2D eigenvalue weighted by atomic mass is 9.93. The van der Waals surface area contributed by atoms with Crippen LogP contribution in [0.4, 0.5) is 13.2 Å². The number of benzene rings is 1. The van der Waals surface area contributed by atoms with Crippen molar-refractivity contribution < 1.29 is 22.7 Å². The number of alkyl halides is 3. The molecule has 19 heavy (non-hydrogen) atoms. The highest BCUT2D eigenvalue weighted by Gasteiger charge is 2.28. The minimum atomic E-state index is -4.18. The van der Waals surface area contributed by atoms with E-state index in [1.807, 2.05) is 0 Å². The van der Waals surface area contributed by atoms with Crippen molar-refractivity contribution in [2.45, 2.75) is 24.9 Å². The lowest BCUT2D eigenvalue weighted by Gasteiger charge is -2.16. The topological polar surface area (TPSA) is 52.3 Å². The predicted octanol–water partition coefficient (Wildman–Crippen LogP) is 2.86. The van der Waals surface area contributed by atoms with Crippen molar-refractivity contribution in [3.8, 4) is 0 Å². The summed E-state index contributed by atoms with van der Waals surface area (Å²) in [5.41, 5.74) is 6.55. The molecule has 1 aromatic rings. The van der Waals surface area contributed by atoms with Crippen molar-refractivity contribution in [2.75, 3.05) is 13.7 Å². The number of nitrogens with two attached hydrogens (primary N) is 1. The summed E-state index contributed by atoms with van der Waals surface area (Å²) in [5.74, 6) is -0.848. The fourth-order valence-electron chi connectivity index (χ4n) is 1.77. The number of hydrogen-bond acceptors (Lipinski definition) is 3. The zero-order valence-corrected chi connectivity index (χ0v) is 10.5. The summed E-state index contributed by atoms with van der Waals surface area (Å²) in [6, 6.07) is 6.27. The molecule has 1 rings (SSSR count). The van der Waals surface area contributed by atoms with Crippen LogP contribution in [0.2, 0.25) is 0 Å². The summed E-state index contributed by atoms with van der Waals surface area (Å²) in [6.45, 7) is 0.133. The van der Waals surface area contributed by atoms with Gasteiger partial charge in [0.05, 0.1) is 12.7 Å². The van der Waals surface area contributed by atoms with Crippen LogP contribution in [-0.4, -0.2) is 25.8 Å². The van der Waals surface area contributed by atoms with E-state index < -0.39 is 18.6 Å². The number of ether oxygens (including phenoxy) is 1. The van der Waals surface area contributed by atoms with E-state index in [1.54, 1.807) is 12.1 Å². The Morgan fingerprint density at radius 1 is 1.32 bits per heavy atom. The van der Waals surface area contributed by atoms with Crippen LogP contribution in [0.25, 0.3) is 0 Å². The normalized spacial score (nSPS) is 13.1. The van der Waals surface area contributed by atoms with Crippen molar-refractivity contribution in [3.05, 3.63) is 35.4 Å². The lowest BCUT2D eigenvalue weighted by molar-refractivity contribution is -0.136. The molecule has 0 bridgehead atoms. The predicted molar refractivity (Wildman–Crippen MR) is 64.9 cm³/mol.